The van der Waals surface area contributed by atoms with Crippen LogP contribution in [0, 0.1) is 6.92 Å². The van der Waals surface area contributed by atoms with Crippen LogP contribution < -0.4 is 19.5 Å². The minimum atomic E-state index is -3.93. The fourth-order valence-electron chi connectivity index (χ4n) is 2.98. The fraction of sp³-hybridized carbons (Fsp3) is 0.208. The molecule has 0 aromatic heterocycles. The van der Waals surface area contributed by atoms with E-state index in [0.29, 0.717) is 23.8 Å². The SMILES string of the molecule is CCOc1ccc(NS(=O)(=O)c2ccc(Cl)c(C(=O)NCCOc3cccc(C)c3)c2)cc1. The number of benzene rings is 3. The lowest BCUT2D eigenvalue weighted by molar-refractivity contribution is 0.0947. The second kappa shape index (κ2) is 11.1. The number of hydrogen-bond donors (Lipinski definition) is 2. The number of carbonyl (C=O) groups is 1. The lowest BCUT2D eigenvalue weighted by atomic mass is 10.2. The zero-order valence-electron chi connectivity index (χ0n) is 18.3. The molecule has 0 unspecified atom stereocenters. The molecule has 174 valence electrons. The van der Waals surface area contributed by atoms with Crippen LogP contribution >= 0.6 is 11.6 Å². The number of sulfonamides is 1. The zero-order valence-corrected chi connectivity index (χ0v) is 19.9. The molecule has 0 saturated carbocycles. The monoisotopic (exact) mass is 488 g/mol. The maximum Gasteiger partial charge on any atom is 0.261 e. The number of anilines is 1. The lowest BCUT2D eigenvalue weighted by Gasteiger charge is -2.12. The molecule has 0 radical (unpaired) electrons. The van der Waals surface area contributed by atoms with E-state index in [9.17, 15) is 13.2 Å². The van der Waals surface area contributed by atoms with Gasteiger partial charge in [0.25, 0.3) is 15.9 Å². The molecule has 0 atom stereocenters. The fourth-order valence-corrected chi connectivity index (χ4v) is 4.27. The molecular weight excluding hydrogens is 464 g/mol. The van der Waals surface area contributed by atoms with Gasteiger partial charge in [-0.25, -0.2) is 8.42 Å². The first-order chi connectivity index (χ1) is 15.8. The Kier molecular flexibility index (Phi) is 8.19. The van der Waals surface area contributed by atoms with Gasteiger partial charge in [0.2, 0.25) is 0 Å². The molecule has 0 fully saturated rings. The Hall–Kier alpha value is -3.23. The van der Waals surface area contributed by atoms with Crippen molar-refractivity contribution >= 4 is 33.2 Å². The van der Waals surface area contributed by atoms with Gasteiger partial charge in [-0.3, -0.25) is 9.52 Å². The maximum absolute atomic E-state index is 12.8. The summed E-state index contributed by atoms with van der Waals surface area (Å²) in [6.45, 7) is 4.82. The predicted octanol–water partition coefficient (Wildman–Crippen LogP) is 4.66. The average molecular weight is 489 g/mol. The summed E-state index contributed by atoms with van der Waals surface area (Å²) < 4.78 is 39.1. The van der Waals surface area contributed by atoms with Crippen LogP contribution in [0.1, 0.15) is 22.8 Å². The van der Waals surface area contributed by atoms with Crippen molar-refractivity contribution in [3.8, 4) is 11.5 Å². The third-order valence-corrected chi connectivity index (χ3v) is 6.26. The van der Waals surface area contributed by atoms with Crippen LogP contribution in [-0.4, -0.2) is 34.1 Å². The van der Waals surface area contributed by atoms with Gasteiger partial charge in [-0.05, 0) is 74.0 Å². The molecule has 1 amide bonds. The highest BCUT2D eigenvalue weighted by molar-refractivity contribution is 7.92. The van der Waals surface area contributed by atoms with E-state index in [1.54, 1.807) is 24.3 Å². The Balaban J connectivity index is 1.64. The highest BCUT2D eigenvalue weighted by atomic mass is 35.5. The summed E-state index contributed by atoms with van der Waals surface area (Å²) in [5.41, 5.74) is 1.50. The van der Waals surface area contributed by atoms with E-state index in [2.05, 4.69) is 10.0 Å². The molecule has 2 N–H and O–H groups in total. The zero-order chi connectivity index (χ0) is 23.8. The van der Waals surface area contributed by atoms with E-state index < -0.39 is 15.9 Å². The van der Waals surface area contributed by atoms with E-state index in [1.165, 1.54) is 18.2 Å². The lowest BCUT2D eigenvalue weighted by Crippen LogP contribution is -2.28. The highest BCUT2D eigenvalue weighted by Gasteiger charge is 2.19. The van der Waals surface area contributed by atoms with Gasteiger partial charge in [0.05, 0.1) is 28.6 Å². The third kappa shape index (κ3) is 6.87. The van der Waals surface area contributed by atoms with Crippen molar-refractivity contribution in [1.82, 2.24) is 5.32 Å². The summed E-state index contributed by atoms with van der Waals surface area (Å²) in [7, 11) is -3.93. The topological polar surface area (TPSA) is 93.7 Å². The summed E-state index contributed by atoms with van der Waals surface area (Å²) in [5.74, 6) is 0.846. The van der Waals surface area contributed by atoms with Crippen LogP contribution in [0.25, 0.3) is 0 Å². The molecule has 0 aliphatic heterocycles. The summed E-state index contributed by atoms with van der Waals surface area (Å²) >= 11 is 6.15. The number of rotatable bonds is 10. The van der Waals surface area contributed by atoms with Gasteiger partial charge in [0.15, 0.2) is 0 Å². The normalized spacial score (nSPS) is 11.0. The molecule has 0 aliphatic rings. The van der Waals surface area contributed by atoms with Crippen molar-refractivity contribution in [2.45, 2.75) is 18.7 Å². The Labute approximate surface area is 198 Å². The molecular formula is C24H25ClN2O5S. The molecule has 0 aliphatic carbocycles. The smallest absolute Gasteiger partial charge is 0.261 e. The van der Waals surface area contributed by atoms with Gasteiger partial charge in [0, 0.05) is 5.69 Å². The van der Waals surface area contributed by atoms with Crippen LogP contribution in [0.3, 0.4) is 0 Å². The molecule has 0 bridgehead atoms. The molecule has 0 saturated heterocycles. The van der Waals surface area contributed by atoms with Crippen molar-refractivity contribution in [1.29, 1.82) is 0 Å². The molecule has 0 spiro atoms. The first kappa shape index (κ1) is 24.4. The van der Waals surface area contributed by atoms with Gasteiger partial charge in [0.1, 0.15) is 18.1 Å². The molecule has 9 heteroatoms. The Bertz CT molecular complexity index is 1210. The van der Waals surface area contributed by atoms with E-state index in [1.807, 2.05) is 38.1 Å². The largest absolute Gasteiger partial charge is 0.494 e. The quantitative estimate of drug-likeness (QED) is 0.405. The van der Waals surface area contributed by atoms with Crippen LogP contribution in [0.15, 0.2) is 71.6 Å². The summed E-state index contributed by atoms with van der Waals surface area (Å²) in [5, 5.41) is 2.84. The van der Waals surface area contributed by atoms with Crippen LogP contribution in [0.5, 0.6) is 11.5 Å². The molecule has 3 rings (SSSR count). The minimum Gasteiger partial charge on any atom is -0.494 e. The Morgan fingerprint density at radius 1 is 0.970 bits per heavy atom. The van der Waals surface area contributed by atoms with E-state index in [0.717, 1.165) is 5.56 Å². The van der Waals surface area contributed by atoms with E-state index in [-0.39, 0.29) is 28.6 Å². The molecule has 7 nitrogen and oxygen atoms in total. The van der Waals surface area contributed by atoms with Crippen molar-refractivity contribution in [2.24, 2.45) is 0 Å². The second-order valence-corrected chi connectivity index (χ2v) is 9.22. The number of amides is 1. The van der Waals surface area contributed by atoms with Crippen molar-refractivity contribution < 1.29 is 22.7 Å². The van der Waals surface area contributed by atoms with Crippen LogP contribution in [0.2, 0.25) is 5.02 Å². The van der Waals surface area contributed by atoms with Crippen molar-refractivity contribution in [3.63, 3.8) is 0 Å². The standard InChI is InChI=1S/C24H25ClN2O5S/c1-3-31-19-9-7-18(8-10-19)27-33(29,30)21-11-12-23(25)22(16-21)24(28)26-13-14-32-20-6-4-5-17(2)15-20/h4-12,15-16,27H,3,13-14H2,1-2H3,(H,26,28). The number of carbonyl (C=O) groups excluding carboxylic acids is 1. The maximum atomic E-state index is 12.8. The van der Waals surface area contributed by atoms with E-state index in [4.69, 9.17) is 21.1 Å². The van der Waals surface area contributed by atoms with Crippen LogP contribution in [0.4, 0.5) is 5.69 Å². The van der Waals surface area contributed by atoms with Crippen molar-refractivity contribution in [3.05, 3.63) is 82.9 Å². The number of ether oxygens (including phenoxy) is 2. The third-order valence-electron chi connectivity index (χ3n) is 4.56. The molecule has 3 aromatic rings. The Morgan fingerprint density at radius 3 is 2.42 bits per heavy atom. The van der Waals surface area contributed by atoms with Gasteiger partial charge < -0.3 is 14.8 Å². The Morgan fingerprint density at radius 2 is 1.73 bits per heavy atom. The molecule has 3 aromatic carbocycles. The second-order valence-electron chi connectivity index (χ2n) is 7.13. The predicted molar refractivity (Wildman–Crippen MR) is 129 cm³/mol. The van der Waals surface area contributed by atoms with Gasteiger partial charge in [-0.2, -0.15) is 0 Å². The summed E-state index contributed by atoms with van der Waals surface area (Å²) in [6.07, 6.45) is 0. The number of halogens is 1. The summed E-state index contributed by atoms with van der Waals surface area (Å²) in [4.78, 5) is 12.5. The summed E-state index contributed by atoms with van der Waals surface area (Å²) in [6, 6.07) is 18.1. The highest BCUT2D eigenvalue weighted by Crippen LogP contribution is 2.24. The molecule has 0 heterocycles. The first-order valence-corrected chi connectivity index (χ1v) is 12.2. The number of nitrogens with one attached hydrogen (secondary N) is 2. The first-order valence-electron chi connectivity index (χ1n) is 10.3. The van der Waals surface area contributed by atoms with Gasteiger partial charge >= 0.3 is 0 Å². The van der Waals surface area contributed by atoms with Crippen molar-refractivity contribution in [2.75, 3.05) is 24.5 Å². The van der Waals surface area contributed by atoms with Gasteiger partial charge in [-0.1, -0.05) is 23.7 Å². The van der Waals surface area contributed by atoms with Gasteiger partial charge in [-0.15, -0.1) is 0 Å². The minimum absolute atomic E-state index is 0.0572. The number of hydrogen-bond acceptors (Lipinski definition) is 5. The molecule has 33 heavy (non-hydrogen) atoms. The average Bonchev–Trinajstić information content (AvgIpc) is 2.78. The number of aryl methyl sites for hydroxylation is 1. The van der Waals surface area contributed by atoms with E-state index >= 15 is 0 Å². The van der Waals surface area contributed by atoms with Crippen LogP contribution in [-0.2, 0) is 10.0 Å².